The predicted octanol–water partition coefficient (Wildman–Crippen LogP) is 4.75. The molecule has 1 fully saturated rings. The number of nitrogens with zero attached hydrogens (tertiary/aromatic N) is 4. The highest BCUT2D eigenvalue weighted by atomic mass is 32.2. The first-order valence-corrected chi connectivity index (χ1v) is 12.6. The standard InChI is InChI=1S/C26H32N6O2S/c1-5-27-26(33)28-20-12-10-19(11-13-20)22-16-23(21-8-6-7-9-24(21)35-31(3)4)30-25(29-22)32-14-15-34-17-18(32)2/h6-13,16,18H,5,14-15,17H2,1-4H3,(H2,27,28,33). The first-order valence-electron chi connectivity index (χ1n) is 11.8. The molecule has 0 radical (unpaired) electrons. The molecule has 1 aliphatic rings. The Kier molecular flexibility index (Phi) is 8.22. The Bertz CT molecular complexity index is 1150. The summed E-state index contributed by atoms with van der Waals surface area (Å²) in [5.41, 5.74) is 4.45. The van der Waals surface area contributed by atoms with Crippen molar-refractivity contribution in [3.05, 3.63) is 54.6 Å². The van der Waals surface area contributed by atoms with E-state index in [9.17, 15) is 4.79 Å². The lowest BCUT2D eigenvalue weighted by atomic mass is 10.1. The zero-order valence-corrected chi connectivity index (χ0v) is 21.4. The van der Waals surface area contributed by atoms with E-state index in [2.05, 4.69) is 38.9 Å². The highest BCUT2D eigenvalue weighted by molar-refractivity contribution is 7.97. The Balaban J connectivity index is 1.75. The minimum atomic E-state index is -0.219. The zero-order valence-electron chi connectivity index (χ0n) is 20.6. The van der Waals surface area contributed by atoms with Crippen LogP contribution in [0.25, 0.3) is 22.5 Å². The van der Waals surface area contributed by atoms with Crippen LogP contribution >= 0.6 is 11.9 Å². The maximum Gasteiger partial charge on any atom is 0.319 e. The molecule has 3 aromatic rings. The van der Waals surface area contributed by atoms with Gasteiger partial charge in [-0.15, -0.1) is 0 Å². The molecule has 9 heteroatoms. The number of carbonyl (C=O) groups excluding carboxylic acids is 1. The lowest BCUT2D eigenvalue weighted by molar-refractivity contribution is 0.0981. The van der Waals surface area contributed by atoms with Crippen molar-refractivity contribution in [1.82, 2.24) is 19.6 Å². The molecule has 184 valence electrons. The SMILES string of the molecule is CCNC(=O)Nc1ccc(-c2cc(-c3ccccc3SN(C)C)nc(N3CCOCC3C)n2)cc1. The van der Waals surface area contributed by atoms with E-state index >= 15 is 0 Å². The predicted molar refractivity (Wildman–Crippen MR) is 143 cm³/mol. The molecule has 1 aromatic heterocycles. The number of ether oxygens (including phenoxy) is 1. The van der Waals surface area contributed by atoms with Gasteiger partial charge in [-0.2, -0.15) is 0 Å². The number of benzene rings is 2. The van der Waals surface area contributed by atoms with Gasteiger partial charge in [0.05, 0.1) is 30.6 Å². The van der Waals surface area contributed by atoms with Crippen LogP contribution in [-0.2, 0) is 4.74 Å². The van der Waals surface area contributed by atoms with Crippen molar-refractivity contribution in [3.63, 3.8) is 0 Å². The summed E-state index contributed by atoms with van der Waals surface area (Å²) >= 11 is 1.67. The molecule has 0 spiro atoms. The fraction of sp³-hybridized carbons (Fsp3) is 0.346. The number of morpholine rings is 1. The highest BCUT2D eigenvalue weighted by Crippen LogP contribution is 2.34. The van der Waals surface area contributed by atoms with Gasteiger partial charge in [-0.1, -0.05) is 30.3 Å². The molecule has 2 aromatic carbocycles. The molecule has 35 heavy (non-hydrogen) atoms. The van der Waals surface area contributed by atoms with Gasteiger partial charge in [0.15, 0.2) is 0 Å². The molecule has 2 N–H and O–H groups in total. The molecule has 0 bridgehead atoms. The molecule has 4 rings (SSSR count). The van der Waals surface area contributed by atoms with Crippen LogP contribution in [0.2, 0.25) is 0 Å². The number of rotatable bonds is 7. The molecule has 0 aliphatic carbocycles. The summed E-state index contributed by atoms with van der Waals surface area (Å²) in [5, 5.41) is 5.58. The van der Waals surface area contributed by atoms with E-state index in [1.807, 2.05) is 63.5 Å². The Hall–Kier alpha value is -3.14. The number of aromatic nitrogens is 2. The van der Waals surface area contributed by atoms with E-state index in [4.69, 9.17) is 14.7 Å². The smallest absolute Gasteiger partial charge is 0.319 e. The number of anilines is 2. The van der Waals surface area contributed by atoms with E-state index in [-0.39, 0.29) is 12.1 Å². The number of urea groups is 1. The third-order valence-corrected chi connectivity index (χ3v) is 6.48. The van der Waals surface area contributed by atoms with Crippen molar-refractivity contribution >= 4 is 29.6 Å². The fourth-order valence-electron chi connectivity index (χ4n) is 3.89. The van der Waals surface area contributed by atoms with Crippen LogP contribution in [0, 0.1) is 0 Å². The van der Waals surface area contributed by atoms with Gasteiger partial charge >= 0.3 is 6.03 Å². The minimum Gasteiger partial charge on any atom is -0.377 e. The largest absolute Gasteiger partial charge is 0.377 e. The molecule has 2 heterocycles. The number of hydrogen-bond donors (Lipinski definition) is 2. The van der Waals surface area contributed by atoms with Crippen molar-refractivity contribution in [2.24, 2.45) is 0 Å². The van der Waals surface area contributed by atoms with Crippen molar-refractivity contribution in [2.75, 3.05) is 50.6 Å². The lowest BCUT2D eigenvalue weighted by Gasteiger charge is -2.33. The fourth-order valence-corrected chi connectivity index (χ4v) is 4.69. The third kappa shape index (κ3) is 6.30. The topological polar surface area (TPSA) is 82.6 Å². The van der Waals surface area contributed by atoms with Crippen LogP contribution in [-0.4, -0.2) is 66.7 Å². The molecule has 1 aliphatic heterocycles. The third-order valence-electron chi connectivity index (χ3n) is 5.56. The number of hydrogen-bond acceptors (Lipinski definition) is 7. The molecule has 2 amide bonds. The van der Waals surface area contributed by atoms with Crippen LogP contribution in [0.1, 0.15) is 13.8 Å². The number of carbonyl (C=O) groups is 1. The highest BCUT2D eigenvalue weighted by Gasteiger charge is 2.23. The summed E-state index contributed by atoms with van der Waals surface area (Å²) in [7, 11) is 4.06. The average molecular weight is 493 g/mol. The summed E-state index contributed by atoms with van der Waals surface area (Å²) in [5.74, 6) is 0.697. The Labute approximate surface area is 211 Å². The molecule has 8 nitrogen and oxygen atoms in total. The summed E-state index contributed by atoms with van der Waals surface area (Å²) in [6, 6.07) is 18.0. The molecular weight excluding hydrogens is 460 g/mol. The van der Waals surface area contributed by atoms with Gasteiger partial charge in [-0.05, 0) is 64.2 Å². The Morgan fingerprint density at radius 1 is 1.14 bits per heavy atom. The number of nitrogens with one attached hydrogen (secondary N) is 2. The number of amides is 2. The van der Waals surface area contributed by atoms with Gasteiger partial charge in [-0.3, -0.25) is 4.31 Å². The van der Waals surface area contributed by atoms with Crippen LogP contribution in [0.5, 0.6) is 0 Å². The van der Waals surface area contributed by atoms with Crippen LogP contribution in [0.3, 0.4) is 0 Å². The molecule has 0 saturated carbocycles. The second-order valence-corrected chi connectivity index (χ2v) is 9.87. The zero-order chi connectivity index (χ0) is 24.8. The van der Waals surface area contributed by atoms with Gasteiger partial charge in [0, 0.05) is 34.8 Å². The van der Waals surface area contributed by atoms with Crippen LogP contribution in [0.4, 0.5) is 16.4 Å². The Morgan fingerprint density at radius 2 is 1.89 bits per heavy atom. The first-order chi connectivity index (χ1) is 16.9. The lowest BCUT2D eigenvalue weighted by Crippen LogP contribution is -2.44. The van der Waals surface area contributed by atoms with E-state index in [1.165, 1.54) is 0 Å². The quantitative estimate of drug-likeness (QED) is 0.461. The van der Waals surface area contributed by atoms with Gasteiger partial charge in [0.25, 0.3) is 0 Å². The van der Waals surface area contributed by atoms with Gasteiger partial charge in [0.2, 0.25) is 5.95 Å². The van der Waals surface area contributed by atoms with Gasteiger partial charge in [0.1, 0.15) is 0 Å². The van der Waals surface area contributed by atoms with Gasteiger partial charge in [-0.25, -0.2) is 14.8 Å². The summed E-state index contributed by atoms with van der Waals surface area (Å²) < 4.78 is 7.72. The van der Waals surface area contributed by atoms with Crippen molar-refractivity contribution in [1.29, 1.82) is 0 Å². The Morgan fingerprint density at radius 3 is 2.60 bits per heavy atom. The maximum absolute atomic E-state index is 11.9. The van der Waals surface area contributed by atoms with E-state index < -0.39 is 0 Å². The summed E-state index contributed by atoms with van der Waals surface area (Å²) in [6.07, 6.45) is 0. The molecule has 1 atom stereocenters. The monoisotopic (exact) mass is 492 g/mol. The summed E-state index contributed by atoms with van der Waals surface area (Å²) in [4.78, 5) is 25.2. The second kappa shape index (κ2) is 11.5. The van der Waals surface area contributed by atoms with Crippen molar-refractivity contribution in [3.8, 4) is 22.5 Å². The molecule has 1 unspecified atom stereocenters. The van der Waals surface area contributed by atoms with Crippen molar-refractivity contribution in [2.45, 2.75) is 24.8 Å². The minimum absolute atomic E-state index is 0.182. The van der Waals surface area contributed by atoms with E-state index in [0.29, 0.717) is 25.7 Å². The maximum atomic E-state index is 11.9. The second-order valence-electron chi connectivity index (χ2n) is 8.52. The van der Waals surface area contributed by atoms with Crippen molar-refractivity contribution < 1.29 is 9.53 Å². The van der Waals surface area contributed by atoms with Gasteiger partial charge < -0.3 is 20.3 Å². The first kappa shape index (κ1) is 25.0. The molecule has 1 saturated heterocycles. The van der Waals surface area contributed by atoms with E-state index in [1.54, 1.807) is 11.9 Å². The molecular formula is C26H32N6O2S. The summed E-state index contributed by atoms with van der Waals surface area (Å²) in [6.45, 7) is 6.64. The average Bonchev–Trinajstić information content (AvgIpc) is 2.84. The van der Waals surface area contributed by atoms with E-state index in [0.717, 1.165) is 39.6 Å². The van der Waals surface area contributed by atoms with Crippen LogP contribution < -0.4 is 15.5 Å². The van der Waals surface area contributed by atoms with Crippen LogP contribution in [0.15, 0.2) is 59.5 Å². The normalized spacial score (nSPS) is 15.8.